The molecule has 1 aliphatic heterocycles. The number of ether oxygens (including phenoxy) is 2. The molecule has 2 amide bonds. The zero-order valence-corrected chi connectivity index (χ0v) is 15.0. The number of amides is 2. The van der Waals surface area contributed by atoms with E-state index >= 15 is 0 Å². The Morgan fingerprint density at radius 3 is 2.73 bits per heavy atom. The number of benzene rings is 2. The summed E-state index contributed by atoms with van der Waals surface area (Å²) in [5.41, 5.74) is 2.22. The molecule has 1 aliphatic rings. The molecule has 3 rings (SSSR count). The molecule has 1 unspecified atom stereocenters. The first-order valence-corrected chi connectivity index (χ1v) is 8.59. The minimum absolute atomic E-state index is 0.154. The number of para-hydroxylation sites is 1. The van der Waals surface area contributed by atoms with Crippen LogP contribution in [0.4, 0.5) is 4.79 Å². The summed E-state index contributed by atoms with van der Waals surface area (Å²) in [4.78, 5) is 23.6. The number of carbonyl (C=O) groups is 2. The van der Waals surface area contributed by atoms with E-state index in [-0.39, 0.29) is 18.0 Å². The summed E-state index contributed by atoms with van der Waals surface area (Å²) in [6.45, 7) is 0.843. The van der Waals surface area contributed by atoms with Crippen molar-refractivity contribution in [2.24, 2.45) is 0 Å². The van der Waals surface area contributed by atoms with E-state index in [1.165, 1.54) is 7.11 Å². The van der Waals surface area contributed by atoms with Crippen LogP contribution in [0.3, 0.4) is 0 Å². The van der Waals surface area contributed by atoms with Crippen LogP contribution in [0.25, 0.3) is 0 Å². The molecule has 0 bridgehead atoms. The fourth-order valence-electron chi connectivity index (χ4n) is 2.80. The highest BCUT2D eigenvalue weighted by Gasteiger charge is 2.24. The summed E-state index contributed by atoms with van der Waals surface area (Å²) in [6.07, 6.45) is 0.675. The van der Waals surface area contributed by atoms with Crippen molar-refractivity contribution in [1.29, 1.82) is 0 Å². The lowest BCUT2D eigenvalue weighted by Crippen LogP contribution is -2.39. The third-order valence-electron chi connectivity index (χ3n) is 4.16. The molecule has 0 fully saturated rings. The molecule has 6 nitrogen and oxygen atoms in total. The number of halogens is 1. The van der Waals surface area contributed by atoms with E-state index in [9.17, 15) is 9.59 Å². The number of nitrogens with one attached hydrogen (secondary N) is 2. The number of hydrogen-bond donors (Lipinski definition) is 2. The summed E-state index contributed by atoms with van der Waals surface area (Å²) < 4.78 is 10.3. The maximum atomic E-state index is 12.2. The van der Waals surface area contributed by atoms with E-state index in [2.05, 4.69) is 15.4 Å². The van der Waals surface area contributed by atoms with Crippen LogP contribution in [0.5, 0.6) is 5.75 Å². The number of esters is 1. The first-order chi connectivity index (χ1) is 12.6. The lowest BCUT2D eigenvalue weighted by Gasteiger charge is -2.27. The number of carbonyl (C=O) groups excluding carboxylic acids is 2. The average molecular weight is 375 g/mol. The van der Waals surface area contributed by atoms with E-state index in [0.29, 0.717) is 35.9 Å². The fraction of sp³-hybridized carbons (Fsp3) is 0.263. The Morgan fingerprint density at radius 1 is 1.23 bits per heavy atom. The van der Waals surface area contributed by atoms with Gasteiger partial charge in [-0.25, -0.2) is 9.59 Å². The molecule has 0 saturated carbocycles. The molecule has 136 valence electrons. The third kappa shape index (κ3) is 4.08. The standard InChI is InChI=1S/C19H19ClN2O4/c1-25-18(23)13-7-5-12(6-8-13)11-21-19(24)22-16-9-10-26-17-14(16)3-2-4-15(17)20/h2-8,16H,9-11H2,1H3,(H2,21,22,24). The minimum Gasteiger partial charge on any atom is -0.492 e. The van der Waals surface area contributed by atoms with Crippen LogP contribution in [0, 0.1) is 0 Å². The predicted octanol–water partition coefficient (Wildman–Crippen LogP) is 3.45. The van der Waals surface area contributed by atoms with Crippen LogP contribution in [-0.2, 0) is 11.3 Å². The summed E-state index contributed by atoms with van der Waals surface area (Å²) in [5.74, 6) is 0.239. The van der Waals surface area contributed by atoms with Crippen molar-refractivity contribution < 1.29 is 19.1 Å². The highest BCUT2D eigenvalue weighted by molar-refractivity contribution is 6.32. The van der Waals surface area contributed by atoms with Gasteiger partial charge in [-0.05, 0) is 23.8 Å². The number of hydrogen-bond acceptors (Lipinski definition) is 4. The van der Waals surface area contributed by atoms with Crippen molar-refractivity contribution in [3.63, 3.8) is 0 Å². The Balaban J connectivity index is 1.57. The second-order valence-corrected chi connectivity index (χ2v) is 6.27. The molecule has 2 N–H and O–H groups in total. The fourth-order valence-corrected chi connectivity index (χ4v) is 3.04. The van der Waals surface area contributed by atoms with E-state index < -0.39 is 0 Å². The van der Waals surface area contributed by atoms with Gasteiger partial charge in [0.15, 0.2) is 0 Å². The Morgan fingerprint density at radius 2 is 2.00 bits per heavy atom. The maximum absolute atomic E-state index is 12.2. The molecule has 0 radical (unpaired) electrons. The second kappa shape index (κ2) is 8.10. The largest absolute Gasteiger partial charge is 0.492 e. The van der Waals surface area contributed by atoms with Crippen molar-refractivity contribution in [2.75, 3.05) is 13.7 Å². The van der Waals surface area contributed by atoms with Crippen LogP contribution in [0.1, 0.15) is 33.9 Å². The first-order valence-electron chi connectivity index (χ1n) is 8.21. The van der Waals surface area contributed by atoms with Crippen molar-refractivity contribution >= 4 is 23.6 Å². The van der Waals surface area contributed by atoms with Gasteiger partial charge in [-0.3, -0.25) is 0 Å². The molecular weight excluding hydrogens is 356 g/mol. The molecular formula is C19H19ClN2O4. The second-order valence-electron chi connectivity index (χ2n) is 5.86. The van der Waals surface area contributed by atoms with Gasteiger partial charge >= 0.3 is 12.0 Å². The third-order valence-corrected chi connectivity index (χ3v) is 4.46. The van der Waals surface area contributed by atoms with Gasteiger partial charge in [0.2, 0.25) is 0 Å². The van der Waals surface area contributed by atoms with Crippen LogP contribution in [-0.4, -0.2) is 25.7 Å². The Labute approximate surface area is 156 Å². The molecule has 26 heavy (non-hydrogen) atoms. The Kier molecular flexibility index (Phi) is 5.63. The molecule has 2 aromatic carbocycles. The van der Waals surface area contributed by atoms with Crippen molar-refractivity contribution in [1.82, 2.24) is 10.6 Å². The van der Waals surface area contributed by atoms with Gasteiger partial charge in [0, 0.05) is 18.5 Å². The molecule has 0 aliphatic carbocycles. The topological polar surface area (TPSA) is 76.7 Å². The average Bonchev–Trinajstić information content (AvgIpc) is 2.67. The monoisotopic (exact) mass is 374 g/mol. The van der Waals surface area contributed by atoms with Gasteiger partial charge in [0.05, 0.1) is 30.3 Å². The van der Waals surface area contributed by atoms with Gasteiger partial charge in [-0.15, -0.1) is 0 Å². The highest BCUT2D eigenvalue weighted by Crippen LogP contribution is 2.37. The predicted molar refractivity (Wildman–Crippen MR) is 97.5 cm³/mol. The molecule has 2 aromatic rings. The summed E-state index contributed by atoms with van der Waals surface area (Å²) in [5, 5.41) is 6.30. The van der Waals surface area contributed by atoms with E-state index in [4.69, 9.17) is 16.3 Å². The van der Waals surface area contributed by atoms with Gasteiger partial charge in [0.25, 0.3) is 0 Å². The van der Waals surface area contributed by atoms with E-state index in [1.54, 1.807) is 30.3 Å². The SMILES string of the molecule is COC(=O)c1ccc(CNC(=O)NC2CCOc3c(Cl)cccc32)cc1. The van der Waals surface area contributed by atoms with Crippen molar-refractivity contribution in [3.05, 3.63) is 64.2 Å². The lowest BCUT2D eigenvalue weighted by molar-refractivity contribution is 0.0600. The number of methoxy groups -OCH3 is 1. The van der Waals surface area contributed by atoms with Crippen LogP contribution < -0.4 is 15.4 Å². The van der Waals surface area contributed by atoms with Gasteiger partial charge in [-0.1, -0.05) is 35.9 Å². The summed E-state index contributed by atoms with van der Waals surface area (Å²) in [7, 11) is 1.34. The normalized spacial score (nSPS) is 15.4. The number of fused-ring (bicyclic) bond motifs is 1. The molecule has 0 aromatic heterocycles. The smallest absolute Gasteiger partial charge is 0.337 e. The van der Waals surface area contributed by atoms with Gasteiger partial charge < -0.3 is 20.1 Å². The quantitative estimate of drug-likeness (QED) is 0.803. The Hall–Kier alpha value is -2.73. The van der Waals surface area contributed by atoms with Crippen LogP contribution in [0.15, 0.2) is 42.5 Å². The number of urea groups is 1. The van der Waals surface area contributed by atoms with Crippen LogP contribution in [0.2, 0.25) is 5.02 Å². The summed E-state index contributed by atoms with van der Waals surface area (Å²) >= 11 is 6.14. The maximum Gasteiger partial charge on any atom is 0.337 e. The van der Waals surface area contributed by atoms with Crippen molar-refractivity contribution in [3.8, 4) is 5.75 Å². The lowest BCUT2D eigenvalue weighted by atomic mass is 10.0. The van der Waals surface area contributed by atoms with Crippen molar-refractivity contribution in [2.45, 2.75) is 19.0 Å². The zero-order valence-electron chi connectivity index (χ0n) is 14.3. The Bertz CT molecular complexity index is 808. The first kappa shape index (κ1) is 18.1. The van der Waals surface area contributed by atoms with E-state index in [1.807, 2.05) is 12.1 Å². The molecule has 0 saturated heterocycles. The highest BCUT2D eigenvalue weighted by atomic mass is 35.5. The van der Waals surface area contributed by atoms with E-state index in [0.717, 1.165) is 11.1 Å². The van der Waals surface area contributed by atoms with Crippen LogP contribution >= 0.6 is 11.6 Å². The number of rotatable bonds is 4. The van der Waals surface area contributed by atoms with Gasteiger partial charge in [0.1, 0.15) is 5.75 Å². The molecule has 1 heterocycles. The molecule has 1 atom stereocenters. The molecule has 0 spiro atoms. The minimum atomic E-state index is -0.390. The van der Waals surface area contributed by atoms with Gasteiger partial charge in [-0.2, -0.15) is 0 Å². The zero-order chi connectivity index (χ0) is 18.5. The molecule has 7 heteroatoms. The summed E-state index contributed by atoms with van der Waals surface area (Å²) in [6, 6.07) is 11.9.